The van der Waals surface area contributed by atoms with Crippen LogP contribution in [0.15, 0.2) is 158 Å². The van der Waals surface area contributed by atoms with Gasteiger partial charge in [-0.05, 0) is 82.4 Å². The average molecular weight is 886 g/mol. The Morgan fingerprint density at radius 3 is 2.06 bits per heavy atom. The fraction of sp³-hybridized carbons (Fsp3) is 0.216. The number of nitro benzene ring substituents is 1. The number of aromatic hydroxyl groups is 1. The number of carbonyl (C=O) groups excluding carboxylic acids is 4. The van der Waals surface area contributed by atoms with Crippen LogP contribution in [0.3, 0.4) is 0 Å². The zero-order chi connectivity index (χ0) is 45.5. The highest BCUT2D eigenvalue weighted by Crippen LogP contribution is 2.66. The summed E-state index contributed by atoms with van der Waals surface area (Å²) in [5.41, 5.74) is 1.97. The third kappa shape index (κ3) is 7.18. The number of benzene rings is 6. The van der Waals surface area contributed by atoms with Crippen LogP contribution in [0, 0.1) is 16.0 Å². The lowest BCUT2D eigenvalue weighted by Gasteiger charge is -2.46. The SMILES string of the molecule is O=C1O[C@@H](c2ccccc2)[C@@H](c2ccccc2)N2[C@@H](c3ccc(O)cc3)[C@]3(C(=O)N(C(=O)OCc4ccc([N+](=O)[O-])cc4)c4ccccc43)[C@@H](C(=O)Nc3ccc(N4CCOCC4)cc3)[C@H]12. The van der Waals surface area contributed by atoms with Crippen molar-refractivity contribution < 1.29 is 43.4 Å². The maximum Gasteiger partial charge on any atom is 0.421 e. The molecule has 0 aliphatic carbocycles. The number of imide groups is 1. The van der Waals surface area contributed by atoms with E-state index in [0.29, 0.717) is 54.2 Å². The van der Waals surface area contributed by atoms with Gasteiger partial charge in [-0.15, -0.1) is 0 Å². The van der Waals surface area contributed by atoms with Crippen LogP contribution < -0.4 is 15.1 Å². The predicted octanol–water partition coefficient (Wildman–Crippen LogP) is 7.78. The van der Waals surface area contributed by atoms with Gasteiger partial charge in [0.25, 0.3) is 5.69 Å². The van der Waals surface area contributed by atoms with Crippen LogP contribution in [0.25, 0.3) is 0 Å². The van der Waals surface area contributed by atoms with Crippen LogP contribution in [0.4, 0.5) is 27.5 Å². The monoisotopic (exact) mass is 885 g/mol. The van der Waals surface area contributed by atoms with Gasteiger partial charge in [-0.1, -0.05) is 91.0 Å². The number of morpholine rings is 2. The largest absolute Gasteiger partial charge is 0.508 e. The van der Waals surface area contributed by atoms with Crippen molar-refractivity contribution in [2.45, 2.75) is 36.3 Å². The summed E-state index contributed by atoms with van der Waals surface area (Å²) in [5.74, 6) is -3.82. The van der Waals surface area contributed by atoms with Gasteiger partial charge < -0.3 is 29.5 Å². The molecule has 2 N–H and O–H groups in total. The summed E-state index contributed by atoms with van der Waals surface area (Å²) in [6.07, 6.45) is -1.97. The third-order valence-corrected chi connectivity index (χ3v) is 13.1. The van der Waals surface area contributed by atoms with E-state index in [-0.39, 0.29) is 23.7 Å². The molecule has 0 aromatic heterocycles. The second-order valence-electron chi connectivity index (χ2n) is 16.6. The van der Waals surface area contributed by atoms with Crippen LogP contribution in [-0.4, -0.2) is 71.2 Å². The van der Waals surface area contributed by atoms with Gasteiger partial charge in [0.15, 0.2) is 0 Å². The molecule has 1 spiro atoms. The molecule has 6 aromatic rings. The maximum absolute atomic E-state index is 16.2. The Balaban J connectivity index is 1.15. The number of rotatable bonds is 9. The highest BCUT2D eigenvalue weighted by Gasteiger charge is 2.75. The number of non-ortho nitro benzene ring substituents is 1. The molecule has 4 aliphatic rings. The molecule has 4 heterocycles. The number of anilines is 3. The number of cyclic esters (lactones) is 1. The number of phenolic OH excluding ortho intramolecular Hbond substituents is 1. The normalized spacial score (nSPS) is 23.5. The number of ether oxygens (including phenoxy) is 3. The van der Waals surface area contributed by atoms with Gasteiger partial charge in [0.05, 0.1) is 41.8 Å². The Morgan fingerprint density at radius 1 is 0.758 bits per heavy atom. The molecule has 332 valence electrons. The Bertz CT molecular complexity index is 2810. The van der Waals surface area contributed by atoms with Crippen LogP contribution >= 0.6 is 0 Å². The number of esters is 1. The molecule has 0 bridgehead atoms. The zero-order valence-corrected chi connectivity index (χ0v) is 35.3. The molecular formula is C51H43N5O10. The molecule has 15 heteroatoms. The Morgan fingerprint density at radius 2 is 1.39 bits per heavy atom. The summed E-state index contributed by atoms with van der Waals surface area (Å²) in [6.45, 7) is 2.25. The summed E-state index contributed by atoms with van der Waals surface area (Å²) in [6, 6.07) is 41.1. The van der Waals surface area contributed by atoms with Crippen LogP contribution in [0.2, 0.25) is 0 Å². The van der Waals surface area contributed by atoms with E-state index in [0.717, 1.165) is 16.2 Å². The molecule has 6 aromatic carbocycles. The van der Waals surface area contributed by atoms with E-state index in [1.807, 2.05) is 77.7 Å². The van der Waals surface area contributed by atoms with Gasteiger partial charge >= 0.3 is 12.1 Å². The molecule has 3 saturated heterocycles. The summed E-state index contributed by atoms with van der Waals surface area (Å²) < 4.78 is 17.8. The van der Waals surface area contributed by atoms with Gasteiger partial charge in [-0.3, -0.25) is 29.4 Å². The molecule has 15 nitrogen and oxygen atoms in total. The van der Waals surface area contributed by atoms with E-state index in [9.17, 15) is 20.0 Å². The number of nitro groups is 1. The summed E-state index contributed by atoms with van der Waals surface area (Å²) in [4.78, 5) is 77.4. The molecule has 3 fully saturated rings. The molecule has 66 heavy (non-hydrogen) atoms. The van der Waals surface area contributed by atoms with E-state index in [1.54, 1.807) is 48.5 Å². The summed E-state index contributed by atoms with van der Waals surface area (Å²) in [7, 11) is 0. The van der Waals surface area contributed by atoms with Crippen molar-refractivity contribution in [2.24, 2.45) is 5.92 Å². The van der Waals surface area contributed by atoms with Gasteiger partial charge in [-0.25, -0.2) is 9.69 Å². The first-order valence-corrected chi connectivity index (χ1v) is 21.6. The van der Waals surface area contributed by atoms with E-state index in [1.165, 1.54) is 36.4 Å². The predicted molar refractivity (Wildman–Crippen MR) is 241 cm³/mol. The number of nitrogens with one attached hydrogen (secondary N) is 1. The van der Waals surface area contributed by atoms with Crippen molar-refractivity contribution in [2.75, 3.05) is 41.4 Å². The number of phenols is 1. The fourth-order valence-corrected chi connectivity index (χ4v) is 10.2. The van der Waals surface area contributed by atoms with Crippen LogP contribution in [0.5, 0.6) is 5.75 Å². The number of fused-ring (bicyclic) bond motifs is 3. The van der Waals surface area contributed by atoms with Crippen molar-refractivity contribution in [3.8, 4) is 5.75 Å². The number of amides is 3. The molecule has 0 saturated carbocycles. The average Bonchev–Trinajstić information content (AvgIpc) is 3.81. The highest BCUT2D eigenvalue weighted by molar-refractivity contribution is 6.24. The van der Waals surface area contributed by atoms with Crippen LogP contribution in [-0.2, 0) is 40.6 Å². The second-order valence-corrected chi connectivity index (χ2v) is 16.6. The Labute approximate surface area is 378 Å². The molecular weight excluding hydrogens is 843 g/mol. The topological polar surface area (TPSA) is 181 Å². The third-order valence-electron chi connectivity index (χ3n) is 13.1. The molecule has 0 unspecified atom stereocenters. The second kappa shape index (κ2) is 17.3. The van der Waals surface area contributed by atoms with E-state index in [4.69, 9.17) is 14.2 Å². The lowest BCUT2D eigenvalue weighted by molar-refractivity contribution is -0.384. The quantitative estimate of drug-likeness (QED) is 0.0819. The van der Waals surface area contributed by atoms with Gasteiger partial charge in [0.2, 0.25) is 11.8 Å². The number of para-hydroxylation sites is 1. The smallest absolute Gasteiger partial charge is 0.421 e. The van der Waals surface area contributed by atoms with Crippen molar-refractivity contribution in [1.29, 1.82) is 0 Å². The van der Waals surface area contributed by atoms with Crippen molar-refractivity contribution in [1.82, 2.24) is 4.90 Å². The maximum atomic E-state index is 16.2. The van der Waals surface area contributed by atoms with Crippen molar-refractivity contribution >= 4 is 46.6 Å². The fourth-order valence-electron chi connectivity index (χ4n) is 10.2. The number of hydrogen-bond donors (Lipinski definition) is 2. The van der Waals surface area contributed by atoms with Gasteiger partial charge in [0.1, 0.15) is 29.9 Å². The summed E-state index contributed by atoms with van der Waals surface area (Å²) in [5, 5.41) is 25.0. The molecule has 4 aliphatic heterocycles. The first-order chi connectivity index (χ1) is 32.1. The highest BCUT2D eigenvalue weighted by atomic mass is 16.6. The number of carbonyl (C=O) groups is 4. The molecule has 10 rings (SSSR count). The van der Waals surface area contributed by atoms with Gasteiger partial charge in [0, 0.05) is 36.6 Å². The molecule has 6 atom stereocenters. The Kier molecular flexibility index (Phi) is 11.0. The number of nitrogens with zero attached hydrogens (tertiary/aromatic N) is 4. The Hall–Kier alpha value is -7.88. The zero-order valence-electron chi connectivity index (χ0n) is 35.3. The molecule has 0 radical (unpaired) electrons. The number of hydrogen-bond acceptors (Lipinski definition) is 12. The van der Waals surface area contributed by atoms with E-state index >= 15 is 14.4 Å². The standard InChI is InChI=1S/C51H43N5O10/c57-39-25-17-35(18-26-39)46-51(40-13-7-8-14-41(40)54(49(51)60)50(61)65-31-32-15-21-38(22-16-32)56(62)63)42(47(58)52-36-19-23-37(24-20-36)53-27-29-64-30-28-53)44-48(59)66-45(34-11-5-2-6-12-34)43(55(44)46)33-9-3-1-4-10-33/h1-26,42-46,57H,27-31H2,(H,52,58)/t42-,43-,44-,45+,46+,51-/m1/s1. The lowest BCUT2D eigenvalue weighted by Crippen LogP contribution is -2.54. The summed E-state index contributed by atoms with van der Waals surface area (Å²) >= 11 is 0. The molecule has 3 amide bonds. The van der Waals surface area contributed by atoms with Crippen LogP contribution in [0.1, 0.15) is 46.0 Å². The first-order valence-electron chi connectivity index (χ1n) is 21.6. The van der Waals surface area contributed by atoms with Gasteiger partial charge in [-0.2, -0.15) is 0 Å². The van der Waals surface area contributed by atoms with E-state index < -0.39 is 64.4 Å². The lowest BCUT2D eigenvalue weighted by atomic mass is 9.65. The van der Waals surface area contributed by atoms with Crippen molar-refractivity contribution in [3.05, 3.63) is 196 Å². The minimum absolute atomic E-state index is 0.0495. The van der Waals surface area contributed by atoms with Crippen molar-refractivity contribution in [3.63, 3.8) is 0 Å². The minimum Gasteiger partial charge on any atom is -0.508 e. The first kappa shape index (κ1) is 42.1. The minimum atomic E-state index is -2.01. The van der Waals surface area contributed by atoms with E-state index in [2.05, 4.69) is 10.2 Å².